The highest BCUT2D eigenvalue weighted by atomic mass is 32.1. The van der Waals surface area contributed by atoms with Crippen LogP contribution >= 0.6 is 11.3 Å². The number of carbonyl (C=O) groups excluding carboxylic acids is 1. The van der Waals surface area contributed by atoms with Crippen molar-refractivity contribution in [2.75, 3.05) is 18.4 Å². The molecular weight excluding hydrogens is 439 g/mol. The molecule has 9 heteroatoms. The Hall–Kier alpha value is -3.82. The summed E-state index contributed by atoms with van der Waals surface area (Å²) in [6.07, 6.45) is -0.0242. The van der Waals surface area contributed by atoms with Gasteiger partial charge in [0.15, 0.2) is 10.8 Å². The highest BCUT2D eigenvalue weighted by Crippen LogP contribution is 2.40. The molecule has 1 N–H and O–H groups in total. The minimum Gasteiger partial charge on any atom is -0.324 e. The van der Waals surface area contributed by atoms with Crippen LogP contribution in [0, 0.1) is 36.5 Å². The van der Waals surface area contributed by atoms with Crippen molar-refractivity contribution < 1.29 is 9.18 Å². The molecule has 0 spiro atoms. The van der Waals surface area contributed by atoms with Gasteiger partial charge in [0, 0.05) is 42.9 Å². The molecule has 1 aliphatic heterocycles. The maximum Gasteiger partial charge on any atom is 0.323 e. The van der Waals surface area contributed by atoms with Crippen molar-refractivity contribution in [2.45, 2.75) is 32.4 Å². The summed E-state index contributed by atoms with van der Waals surface area (Å²) < 4.78 is 14.2. The average molecular weight is 461 g/mol. The number of carbonyl (C=O) groups is 1. The second-order valence-electron chi connectivity index (χ2n) is 8.02. The van der Waals surface area contributed by atoms with Crippen LogP contribution in [0.3, 0.4) is 0 Å². The lowest BCUT2D eigenvalue weighted by Gasteiger charge is -2.32. The van der Waals surface area contributed by atoms with Crippen molar-refractivity contribution in [1.82, 2.24) is 14.9 Å². The Bertz CT molecular complexity index is 1280. The van der Waals surface area contributed by atoms with Crippen molar-refractivity contribution in [2.24, 2.45) is 0 Å². The SMILES string of the molecule is Cc1cc(-c2sc(NC(=O)N3CCC(F)(C#N)CC3)nc2-c2cccc(C#N)c2)cc(C)n1. The number of rotatable bonds is 3. The van der Waals surface area contributed by atoms with E-state index in [1.807, 2.05) is 32.0 Å². The number of nitrogens with one attached hydrogen (secondary N) is 1. The summed E-state index contributed by atoms with van der Waals surface area (Å²) in [7, 11) is 0. The fraction of sp³-hybridized carbons (Fsp3) is 0.292. The van der Waals surface area contributed by atoms with E-state index in [1.165, 1.54) is 16.2 Å². The van der Waals surface area contributed by atoms with Crippen LogP contribution in [0.25, 0.3) is 21.7 Å². The first-order chi connectivity index (χ1) is 15.8. The number of halogens is 1. The third kappa shape index (κ3) is 4.84. The summed E-state index contributed by atoms with van der Waals surface area (Å²) in [4.78, 5) is 24.2. The third-order valence-corrected chi connectivity index (χ3v) is 6.51. The standard InChI is InChI=1S/C24H21FN6OS/c1-15-10-19(11-16(2)28-15)21-20(18-5-3-4-17(12-18)13-26)29-22(33-21)30-23(32)31-8-6-24(25,14-27)7-9-31/h3-5,10-12H,6-9H2,1-2H3,(H,29,30,32). The summed E-state index contributed by atoms with van der Waals surface area (Å²) in [5, 5.41) is 21.5. The van der Waals surface area contributed by atoms with Gasteiger partial charge in [-0.25, -0.2) is 14.2 Å². The topological polar surface area (TPSA) is 106 Å². The molecule has 3 heterocycles. The molecule has 0 saturated carbocycles. The smallest absolute Gasteiger partial charge is 0.323 e. The van der Waals surface area contributed by atoms with Crippen LogP contribution in [0.1, 0.15) is 29.8 Å². The second-order valence-corrected chi connectivity index (χ2v) is 9.02. The van der Waals surface area contributed by atoms with Crippen LogP contribution in [0.2, 0.25) is 0 Å². The fourth-order valence-corrected chi connectivity index (χ4v) is 4.78. The van der Waals surface area contributed by atoms with Crippen molar-refractivity contribution in [3.05, 3.63) is 53.3 Å². The Balaban J connectivity index is 1.67. The van der Waals surface area contributed by atoms with Crippen LogP contribution in [-0.4, -0.2) is 39.7 Å². The van der Waals surface area contributed by atoms with E-state index in [2.05, 4.69) is 21.4 Å². The van der Waals surface area contributed by atoms with Gasteiger partial charge in [-0.3, -0.25) is 10.3 Å². The summed E-state index contributed by atoms with van der Waals surface area (Å²) in [5.41, 5.74) is 2.71. The molecule has 2 aromatic heterocycles. The molecule has 3 aromatic rings. The monoisotopic (exact) mass is 460 g/mol. The lowest BCUT2D eigenvalue weighted by molar-refractivity contribution is 0.120. The average Bonchev–Trinajstić information content (AvgIpc) is 3.23. The van der Waals surface area contributed by atoms with Crippen molar-refractivity contribution in [3.8, 4) is 33.8 Å². The number of aryl methyl sites for hydroxylation is 2. The van der Waals surface area contributed by atoms with E-state index in [-0.39, 0.29) is 32.0 Å². The number of benzene rings is 1. The Morgan fingerprint density at radius 3 is 2.45 bits per heavy atom. The summed E-state index contributed by atoms with van der Waals surface area (Å²) in [6, 6.07) is 14.5. The van der Waals surface area contributed by atoms with Crippen LogP contribution in [-0.2, 0) is 0 Å². The number of urea groups is 1. The van der Waals surface area contributed by atoms with Gasteiger partial charge < -0.3 is 4.90 Å². The lowest BCUT2D eigenvalue weighted by atomic mass is 9.95. The van der Waals surface area contributed by atoms with E-state index >= 15 is 0 Å². The number of hydrogen-bond donors (Lipinski definition) is 1. The predicted molar refractivity (Wildman–Crippen MR) is 124 cm³/mol. The number of aromatic nitrogens is 2. The molecule has 2 amide bonds. The summed E-state index contributed by atoms with van der Waals surface area (Å²) >= 11 is 1.33. The van der Waals surface area contributed by atoms with Crippen molar-refractivity contribution in [3.63, 3.8) is 0 Å². The summed E-state index contributed by atoms with van der Waals surface area (Å²) in [5.74, 6) is 0. The van der Waals surface area contributed by atoms with Gasteiger partial charge >= 0.3 is 6.03 Å². The summed E-state index contributed by atoms with van der Waals surface area (Å²) in [6.45, 7) is 4.15. The van der Waals surface area contributed by atoms with Gasteiger partial charge in [0.25, 0.3) is 0 Å². The van der Waals surface area contributed by atoms with Gasteiger partial charge in [-0.1, -0.05) is 23.5 Å². The number of nitriles is 2. The molecule has 0 bridgehead atoms. The Labute approximate surface area is 195 Å². The molecule has 33 heavy (non-hydrogen) atoms. The Morgan fingerprint density at radius 1 is 1.12 bits per heavy atom. The van der Waals surface area contributed by atoms with Gasteiger partial charge in [-0.05, 0) is 43.7 Å². The second kappa shape index (κ2) is 8.97. The maximum atomic E-state index is 14.2. The molecule has 1 saturated heterocycles. The molecule has 0 unspecified atom stereocenters. The van der Waals surface area contributed by atoms with Gasteiger partial charge in [0.2, 0.25) is 0 Å². The zero-order chi connectivity index (χ0) is 23.6. The highest BCUT2D eigenvalue weighted by Gasteiger charge is 2.36. The molecule has 4 rings (SSSR count). The Kier molecular flexibility index (Phi) is 6.08. The number of piperidine rings is 1. The molecule has 7 nitrogen and oxygen atoms in total. The van der Waals surface area contributed by atoms with Crippen LogP contribution < -0.4 is 5.32 Å². The maximum absolute atomic E-state index is 14.2. The molecule has 0 radical (unpaired) electrons. The first-order valence-corrected chi connectivity index (χ1v) is 11.2. The van der Waals surface area contributed by atoms with Crippen molar-refractivity contribution in [1.29, 1.82) is 10.5 Å². The highest BCUT2D eigenvalue weighted by molar-refractivity contribution is 7.19. The molecule has 0 aliphatic carbocycles. The van der Waals surface area contributed by atoms with Gasteiger partial charge in [0.05, 0.1) is 22.2 Å². The van der Waals surface area contributed by atoms with Crippen LogP contribution in [0.4, 0.5) is 14.3 Å². The zero-order valence-electron chi connectivity index (χ0n) is 18.2. The zero-order valence-corrected chi connectivity index (χ0v) is 19.0. The number of thiazole rings is 1. The number of anilines is 1. The van der Waals surface area contributed by atoms with E-state index in [9.17, 15) is 14.4 Å². The van der Waals surface area contributed by atoms with Crippen LogP contribution in [0.5, 0.6) is 0 Å². The molecule has 1 fully saturated rings. The number of nitrogens with zero attached hydrogens (tertiary/aromatic N) is 5. The number of likely N-dealkylation sites (tertiary alicyclic amines) is 1. The van der Waals surface area contributed by atoms with E-state index in [0.29, 0.717) is 16.4 Å². The first kappa shape index (κ1) is 22.4. The number of amides is 2. The largest absolute Gasteiger partial charge is 0.324 e. The van der Waals surface area contributed by atoms with Crippen molar-refractivity contribution >= 4 is 22.5 Å². The lowest BCUT2D eigenvalue weighted by Crippen LogP contribution is -2.45. The van der Waals surface area contributed by atoms with Gasteiger partial charge in [-0.2, -0.15) is 10.5 Å². The van der Waals surface area contributed by atoms with Gasteiger partial charge in [0.1, 0.15) is 6.07 Å². The van der Waals surface area contributed by atoms with E-state index in [1.54, 1.807) is 24.3 Å². The number of hydrogen-bond acceptors (Lipinski definition) is 6. The quantitative estimate of drug-likeness (QED) is 0.577. The fourth-order valence-electron chi connectivity index (χ4n) is 3.81. The molecular formula is C24H21FN6OS. The van der Waals surface area contributed by atoms with E-state index < -0.39 is 5.67 Å². The minimum atomic E-state index is -1.87. The number of pyridine rings is 1. The normalized spacial score (nSPS) is 14.9. The molecule has 1 aliphatic rings. The molecule has 1 aromatic carbocycles. The number of alkyl halides is 1. The Morgan fingerprint density at radius 2 is 1.82 bits per heavy atom. The van der Waals surface area contributed by atoms with Crippen LogP contribution in [0.15, 0.2) is 36.4 Å². The van der Waals surface area contributed by atoms with E-state index in [4.69, 9.17) is 5.26 Å². The predicted octanol–water partition coefficient (Wildman–Crippen LogP) is 5.22. The third-order valence-electron chi connectivity index (χ3n) is 5.49. The molecule has 0 atom stereocenters. The molecule has 166 valence electrons. The minimum absolute atomic E-state index is 0.0121. The van der Waals surface area contributed by atoms with E-state index in [0.717, 1.165) is 27.4 Å². The van der Waals surface area contributed by atoms with Gasteiger partial charge in [-0.15, -0.1) is 0 Å². The first-order valence-electron chi connectivity index (χ1n) is 10.4.